The first-order chi connectivity index (χ1) is 7.67. The minimum Gasteiger partial charge on any atom is -0.496 e. The zero-order chi connectivity index (χ0) is 11.7. The molecule has 1 heterocycles. The van der Waals surface area contributed by atoms with Gasteiger partial charge in [-0.1, -0.05) is 6.92 Å². The molecule has 1 atom stereocenters. The van der Waals surface area contributed by atoms with Gasteiger partial charge in [-0.05, 0) is 0 Å². The van der Waals surface area contributed by atoms with Crippen molar-refractivity contribution in [2.24, 2.45) is 5.92 Å². The lowest BCUT2D eigenvalue weighted by Gasteiger charge is -2.23. The van der Waals surface area contributed by atoms with Crippen LogP contribution < -0.4 is 14.2 Å². The van der Waals surface area contributed by atoms with Crippen LogP contribution in [0.3, 0.4) is 0 Å². The number of Topliss-reactive ketones (excluding diaryl/α,β-unsaturated/α-hetero) is 1. The van der Waals surface area contributed by atoms with Gasteiger partial charge in [0.15, 0.2) is 5.78 Å². The normalized spacial score (nSPS) is 18.7. The van der Waals surface area contributed by atoms with Gasteiger partial charge in [0.1, 0.15) is 22.8 Å². The summed E-state index contributed by atoms with van der Waals surface area (Å²) < 4.78 is 15.8. The molecule has 1 aromatic carbocycles. The highest BCUT2D eigenvalue weighted by Gasteiger charge is 2.29. The van der Waals surface area contributed by atoms with Crippen LogP contribution in [0.15, 0.2) is 12.1 Å². The van der Waals surface area contributed by atoms with E-state index in [1.54, 1.807) is 19.2 Å². The van der Waals surface area contributed by atoms with Crippen LogP contribution in [0.4, 0.5) is 0 Å². The van der Waals surface area contributed by atoms with Gasteiger partial charge in [0.05, 0.1) is 26.7 Å². The largest absolute Gasteiger partial charge is 0.496 e. The first-order valence-corrected chi connectivity index (χ1v) is 5.10. The number of rotatable bonds is 2. The molecule has 0 N–H and O–H groups in total. The first-order valence-electron chi connectivity index (χ1n) is 5.10. The molecule has 0 spiro atoms. The second-order valence-corrected chi connectivity index (χ2v) is 3.78. The Bertz CT molecular complexity index is 408. The van der Waals surface area contributed by atoms with Gasteiger partial charge < -0.3 is 14.2 Å². The zero-order valence-corrected chi connectivity index (χ0v) is 9.57. The molecule has 0 aromatic heterocycles. The van der Waals surface area contributed by atoms with Crippen LogP contribution in [0.2, 0.25) is 0 Å². The first kappa shape index (κ1) is 10.8. The molecular weight excluding hydrogens is 208 g/mol. The van der Waals surface area contributed by atoms with Gasteiger partial charge in [-0.3, -0.25) is 4.79 Å². The Hall–Kier alpha value is -1.71. The maximum Gasteiger partial charge on any atom is 0.176 e. The fourth-order valence-electron chi connectivity index (χ4n) is 1.74. The number of carbonyl (C=O) groups excluding carboxylic acids is 1. The minimum absolute atomic E-state index is 0.0563. The maximum absolute atomic E-state index is 12.0. The Balaban J connectivity index is 2.57. The average Bonchev–Trinajstić information content (AvgIpc) is 2.32. The summed E-state index contributed by atoms with van der Waals surface area (Å²) in [6.07, 6.45) is 0. The van der Waals surface area contributed by atoms with E-state index in [1.165, 1.54) is 7.11 Å². The molecule has 0 radical (unpaired) electrons. The average molecular weight is 222 g/mol. The van der Waals surface area contributed by atoms with Crippen LogP contribution in [0.5, 0.6) is 17.2 Å². The Kier molecular flexibility index (Phi) is 2.73. The third kappa shape index (κ3) is 1.60. The van der Waals surface area contributed by atoms with Crippen LogP contribution in [-0.4, -0.2) is 26.6 Å². The van der Waals surface area contributed by atoms with E-state index in [-0.39, 0.29) is 11.7 Å². The van der Waals surface area contributed by atoms with Crippen LogP contribution >= 0.6 is 0 Å². The summed E-state index contributed by atoms with van der Waals surface area (Å²) >= 11 is 0. The Morgan fingerprint density at radius 3 is 2.69 bits per heavy atom. The monoisotopic (exact) mass is 222 g/mol. The standard InChI is InChI=1S/C12H14O4/c1-7-6-16-10-5-8(14-2)4-9(15-3)11(10)12(7)13/h4-5,7H,6H2,1-3H3. The molecule has 1 aliphatic heterocycles. The maximum atomic E-state index is 12.0. The predicted octanol–water partition coefficient (Wildman–Crippen LogP) is 1.91. The molecule has 0 aliphatic carbocycles. The summed E-state index contributed by atoms with van der Waals surface area (Å²) in [6, 6.07) is 3.40. The van der Waals surface area contributed by atoms with E-state index in [1.807, 2.05) is 6.92 Å². The number of ether oxygens (including phenoxy) is 3. The number of fused-ring (bicyclic) bond motifs is 1. The molecular formula is C12H14O4. The van der Waals surface area contributed by atoms with E-state index in [0.717, 1.165) is 0 Å². The molecule has 0 fully saturated rings. The van der Waals surface area contributed by atoms with Gasteiger partial charge in [0.25, 0.3) is 0 Å². The molecule has 86 valence electrons. The lowest BCUT2D eigenvalue weighted by atomic mass is 9.96. The zero-order valence-electron chi connectivity index (χ0n) is 9.57. The van der Waals surface area contributed by atoms with Crippen molar-refractivity contribution in [1.29, 1.82) is 0 Å². The van der Waals surface area contributed by atoms with E-state index < -0.39 is 0 Å². The van der Waals surface area contributed by atoms with Gasteiger partial charge in [-0.25, -0.2) is 0 Å². The Morgan fingerprint density at radius 2 is 2.06 bits per heavy atom. The predicted molar refractivity (Wildman–Crippen MR) is 58.5 cm³/mol. The summed E-state index contributed by atoms with van der Waals surface area (Å²) in [4.78, 5) is 12.0. The van der Waals surface area contributed by atoms with E-state index in [2.05, 4.69) is 0 Å². The molecule has 1 aromatic rings. The van der Waals surface area contributed by atoms with Gasteiger partial charge in [-0.15, -0.1) is 0 Å². The molecule has 0 amide bonds. The van der Waals surface area contributed by atoms with Gasteiger partial charge in [0.2, 0.25) is 0 Å². The van der Waals surface area contributed by atoms with Crippen molar-refractivity contribution in [2.75, 3.05) is 20.8 Å². The molecule has 2 rings (SSSR count). The molecule has 4 nitrogen and oxygen atoms in total. The van der Waals surface area contributed by atoms with Crippen LogP contribution in [0, 0.1) is 5.92 Å². The summed E-state index contributed by atoms with van der Waals surface area (Å²) in [5.74, 6) is 1.60. The minimum atomic E-state index is -0.130. The highest BCUT2D eigenvalue weighted by molar-refractivity contribution is 6.03. The Morgan fingerprint density at radius 1 is 1.31 bits per heavy atom. The van der Waals surface area contributed by atoms with E-state index in [4.69, 9.17) is 14.2 Å². The highest BCUT2D eigenvalue weighted by Crippen LogP contribution is 2.38. The Labute approximate surface area is 94.1 Å². The number of benzene rings is 1. The number of carbonyl (C=O) groups is 1. The van der Waals surface area contributed by atoms with Crippen molar-refractivity contribution >= 4 is 5.78 Å². The lowest BCUT2D eigenvalue weighted by Crippen LogP contribution is -2.25. The van der Waals surface area contributed by atoms with E-state index in [9.17, 15) is 4.79 Å². The third-order valence-corrected chi connectivity index (χ3v) is 2.68. The van der Waals surface area contributed by atoms with Crippen molar-refractivity contribution < 1.29 is 19.0 Å². The quantitative estimate of drug-likeness (QED) is 0.766. The van der Waals surface area contributed by atoms with Crippen molar-refractivity contribution in [1.82, 2.24) is 0 Å². The molecule has 1 aliphatic rings. The molecule has 0 bridgehead atoms. The summed E-state index contributed by atoms with van der Waals surface area (Å²) in [5.41, 5.74) is 0.516. The summed E-state index contributed by atoms with van der Waals surface area (Å²) in [5, 5.41) is 0. The molecule has 4 heteroatoms. The second kappa shape index (κ2) is 4.04. The van der Waals surface area contributed by atoms with Crippen molar-refractivity contribution in [3.8, 4) is 17.2 Å². The molecule has 0 saturated heterocycles. The van der Waals surface area contributed by atoms with Gasteiger partial charge in [-0.2, -0.15) is 0 Å². The van der Waals surface area contributed by atoms with E-state index >= 15 is 0 Å². The van der Waals surface area contributed by atoms with Gasteiger partial charge in [0, 0.05) is 12.1 Å². The van der Waals surface area contributed by atoms with Crippen LogP contribution in [0.25, 0.3) is 0 Å². The van der Waals surface area contributed by atoms with Crippen LogP contribution in [-0.2, 0) is 0 Å². The fourth-order valence-corrected chi connectivity index (χ4v) is 1.74. The second-order valence-electron chi connectivity index (χ2n) is 3.78. The smallest absolute Gasteiger partial charge is 0.176 e. The van der Waals surface area contributed by atoms with E-state index in [0.29, 0.717) is 29.4 Å². The topological polar surface area (TPSA) is 44.8 Å². The van der Waals surface area contributed by atoms with Crippen molar-refractivity contribution in [3.05, 3.63) is 17.7 Å². The number of methoxy groups -OCH3 is 2. The fraction of sp³-hybridized carbons (Fsp3) is 0.417. The number of ketones is 1. The van der Waals surface area contributed by atoms with Crippen LogP contribution in [0.1, 0.15) is 17.3 Å². The number of hydrogen-bond acceptors (Lipinski definition) is 4. The molecule has 1 unspecified atom stereocenters. The van der Waals surface area contributed by atoms with Gasteiger partial charge >= 0.3 is 0 Å². The number of hydrogen-bond donors (Lipinski definition) is 0. The third-order valence-electron chi connectivity index (χ3n) is 2.68. The van der Waals surface area contributed by atoms with Crippen molar-refractivity contribution in [2.45, 2.75) is 6.92 Å². The summed E-state index contributed by atoms with van der Waals surface area (Å²) in [7, 11) is 3.09. The molecule has 0 saturated carbocycles. The molecule has 16 heavy (non-hydrogen) atoms. The SMILES string of the molecule is COc1cc(OC)c2c(c1)OCC(C)C2=O. The summed E-state index contributed by atoms with van der Waals surface area (Å²) in [6.45, 7) is 2.25. The van der Waals surface area contributed by atoms with Crippen molar-refractivity contribution in [3.63, 3.8) is 0 Å². The highest BCUT2D eigenvalue weighted by atomic mass is 16.5. The lowest BCUT2D eigenvalue weighted by molar-refractivity contribution is 0.0843.